The van der Waals surface area contributed by atoms with Gasteiger partial charge in [0.15, 0.2) is 5.76 Å². The molecule has 0 radical (unpaired) electrons. The smallest absolute Gasteiger partial charge is 0.217 e. The van der Waals surface area contributed by atoms with Gasteiger partial charge in [-0.3, -0.25) is 9.69 Å². The number of aryl methyl sites for hydroxylation is 1. The maximum Gasteiger partial charge on any atom is 0.217 e. The molecule has 0 aliphatic heterocycles. The maximum atomic E-state index is 13.0. The fourth-order valence-corrected chi connectivity index (χ4v) is 2.99. The number of nitrogens with zero attached hydrogens (tertiary/aromatic N) is 1. The quantitative estimate of drug-likeness (QED) is 0.737. The number of fused-ring (bicyclic) bond motifs is 1. The predicted octanol–water partition coefficient (Wildman–Crippen LogP) is 4.43. The van der Waals surface area contributed by atoms with E-state index in [0.29, 0.717) is 5.76 Å². The number of hydrogen-bond donors (Lipinski definition) is 0. The van der Waals surface area contributed by atoms with E-state index in [-0.39, 0.29) is 5.78 Å². The van der Waals surface area contributed by atoms with Crippen molar-refractivity contribution in [2.45, 2.75) is 46.6 Å². The van der Waals surface area contributed by atoms with Crippen LogP contribution in [0.25, 0.3) is 11.0 Å². The van der Waals surface area contributed by atoms with E-state index in [1.54, 1.807) is 0 Å². The average molecular weight is 287 g/mol. The second-order valence-electron chi connectivity index (χ2n) is 5.78. The molecule has 0 fully saturated rings. The van der Waals surface area contributed by atoms with Crippen molar-refractivity contribution < 1.29 is 9.21 Å². The molecule has 1 atom stereocenters. The highest BCUT2D eigenvalue weighted by molar-refractivity contribution is 6.03. The van der Waals surface area contributed by atoms with E-state index < -0.39 is 5.54 Å². The third-order valence-electron chi connectivity index (χ3n) is 4.53. The Bertz CT molecular complexity index is 640. The third-order valence-corrected chi connectivity index (χ3v) is 4.53. The standard InChI is InChI=1S/C18H25NO2/c1-6-18(5,19(7-2)8-3)17(20)16-12-14-11-13(4)9-10-15(14)21-16/h9-12H,6-8H2,1-5H3. The summed E-state index contributed by atoms with van der Waals surface area (Å²) >= 11 is 0. The first-order chi connectivity index (χ1) is 9.96. The number of carbonyl (C=O) groups is 1. The van der Waals surface area contributed by atoms with Crippen LogP contribution in [-0.2, 0) is 0 Å². The van der Waals surface area contributed by atoms with Gasteiger partial charge in [-0.05, 0) is 51.6 Å². The predicted molar refractivity (Wildman–Crippen MR) is 86.9 cm³/mol. The number of rotatable bonds is 6. The zero-order valence-corrected chi connectivity index (χ0v) is 13.7. The Morgan fingerprint density at radius 3 is 2.43 bits per heavy atom. The second-order valence-corrected chi connectivity index (χ2v) is 5.78. The number of likely N-dealkylation sites (N-methyl/N-ethyl adjacent to an activating group) is 1. The van der Waals surface area contributed by atoms with Crippen LogP contribution in [0.1, 0.15) is 50.2 Å². The number of carbonyl (C=O) groups excluding carboxylic acids is 1. The highest BCUT2D eigenvalue weighted by atomic mass is 16.3. The minimum Gasteiger partial charge on any atom is -0.453 e. The lowest BCUT2D eigenvalue weighted by molar-refractivity contribution is 0.0580. The van der Waals surface area contributed by atoms with Crippen LogP contribution in [0.4, 0.5) is 0 Å². The van der Waals surface area contributed by atoms with Crippen LogP contribution in [0.5, 0.6) is 0 Å². The van der Waals surface area contributed by atoms with Gasteiger partial charge in [-0.2, -0.15) is 0 Å². The van der Waals surface area contributed by atoms with Gasteiger partial charge in [-0.1, -0.05) is 32.4 Å². The topological polar surface area (TPSA) is 33.5 Å². The second kappa shape index (κ2) is 6.02. The van der Waals surface area contributed by atoms with Crippen LogP contribution >= 0.6 is 0 Å². The average Bonchev–Trinajstić information content (AvgIpc) is 2.90. The van der Waals surface area contributed by atoms with Crippen molar-refractivity contribution >= 4 is 16.8 Å². The summed E-state index contributed by atoms with van der Waals surface area (Å²) in [6.07, 6.45) is 0.767. The fourth-order valence-electron chi connectivity index (χ4n) is 2.99. The van der Waals surface area contributed by atoms with Gasteiger partial charge in [0.25, 0.3) is 0 Å². The molecule has 0 N–H and O–H groups in total. The lowest BCUT2D eigenvalue weighted by Gasteiger charge is -2.37. The van der Waals surface area contributed by atoms with Gasteiger partial charge in [0, 0.05) is 5.39 Å². The molecule has 1 heterocycles. The van der Waals surface area contributed by atoms with E-state index in [0.717, 1.165) is 30.5 Å². The van der Waals surface area contributed by atoms with E-state index in [1.807, 2.05) is 32.0 Å². The van der Waals surface area contributed by atoms with E-state index in [1.165, 1.54) is 5.56 Å². The third kappa shape index (κ3) is 2.75. The van der Waals surface area contributed by atoms with Crippen molar-refractivity contribution in [2.24, 2.45) is 0 Å². The van der Waals surface area contributed by atoms with E-state index in [4.69, 9.17) is 4.42 Å². The Labute approximate surface area is 126 Å². The molecule has 21 heavy (non-hydrogen) atoms. The van der Waals surface area contributed by atoms with Crippen LogP contribution in [0, 0.1) is 6.92 Å². The first-order valence-corrected chi connectivity index (χ1v) is 7.76. The zero-order valence-electron chi connectivity index (χ0n) is 13.7. The first kappa shape index (κ1) is 15.8. The monoisotopic (exact) mass is 287 g/mol. The van der Waals surface area contributed by atoms with Crippen molar-refractivity contribution in [3.05, 3.63) is 35.6 Å². The lowest BCUT2D eigenvalue weighted by Crippen LogP contribution is -2.51. The number of furan rings is 1. The van der Waals surface area contributed by atoms with Gasteiger partial charge in [-0.25, -0.2) is 0 Å². The van der Waals surface area contributed by atoms with Gasteiger partial charge in [0.2, 0.25) is 5.78 Å². The molecule has 1 aromatic heterocycles. The molecule has 0 aliphatic rings. The fraction of sp³-hybridized carbons (Fsp3) is 0.500. The number of Topliss-reactive ketones (excluding diaryl/α,β-unsaturated/α-hetero) is 1. The van der Waals surface area contributed by atoms with Crippen molar-refractivity contribution in [1.29, 1.82) is 0 Å². The molecule has 3 nitrogen and oxygen atoms in total. The molecule has 2 rings (SSSR count). The minimum absolute atomic E-state index is 0.0718. The van der Waals surface area contributed by atoms with Crippen molar-refractivity contribution in [2.75, 3.05) is 13.1 Å². The van der Waals surface area contributed by atoms with Crippen molar-refractivity contribution in [1.82, 2.24) is 4.90 Å². The van der Waals surface area contributed by atoms with Crippen molar-refractivity contribution in [3.8, 4) is 0 Å². The molecule has 0 aliphatic carbocycles. The Kier molecular flexibility index (Phi) is 4.52. The van der Waals surface area contributed by atoms with E-state index >= 15 is 0 Å². The van der Waals surface area contributed by atoms with Gasteiger partial charge in [0.1, 0.15) is 5.58 Å². The highest BCUT2D eigenvalue weighted by Gasteiger charge is 2.38. The summed E-state index contributed by atoms with van der Waals surface area (Å²) in [6, 6.07) is 7.87. The zero-order chi connectivity index (χ0) is 15.6. The summed E-state index contributed by atoms with van der Waals surface area (Å²) in [4.78, 5) is 15.2. The number of benzene rings is 1. The van der Waals surface area contributed by atoms with Gasteiger partial charge < -0.3 is 4.42 Å². The Morgan fingerprint density at radius 1 is 1.19 bits per heavy atom. The van der Waals surface area contributed by atoms with E-state index in [9.17, 15) is 4.79 Å². The summed E-state index contributed by atoms with van der Waals surface area (Å²) < 4.78 is 5.80. The van der Waals surface area contributed by atoms with Gasteiger partial charge in [-0.15, -0.1) is 0 Å². The molecule has 1 aromatic carbocycles. The number of hydrogen-bond acceptors (Lipinski definition) is 3. The lowest BCUT2D eigenvalue weighted by atomic mass is 9.89. The summed E-state index contributed by atoms with van der Waals surface area (Å²) in [7, 11) is 0. The maximum absolute atomic E-state index is 13.0. The largest absolute Gasteiger partial charge is 0.453 e. The Balaban J connectivity index is 2.44. The van der Waals surface area contributed by atoms with Crippen LogP contribution in [0.2, 0.25) is 0 Å². The molecule has 0 amide bonds. The summed E-state index contributed by atoms with van der Waals surface area (Å²) in [6.45, 7) is 12.0. The molecule has 0 saturated heterocycles. The summed E-state index contributed by atoms with van der Waals surface area (Å²) in [5.41, 5.74) is 1.44. The van der Waals surface area contributed by atoms with Gasteiger partial charge >= 0.3 is 0 Å². The van der Waals surface area contributed by atoms with Crippen LogP contribution in [-0.4, -0.2) is 29.3 Å². The van der Waals surface area contributed by atoms with Crippen LogP contribution < -0.4 is 0 Å². The van der Waals surface area contributed by atoms with E-state index in [2.05, 4.69) is 31.7 Å². The molecule has 0 spiro atoms. The summed E-state index contributed by atoms with van der Waals surface area (Å²) in [5, 5.41) is 0.997. The van der Waals surface area contributed by atoms with Crippen LogP contribution in [0.15, 0.2) is 28.7 Å². The minimum atomic E-state index is -0.508. The molecule has 2 aromatic rings. The SMILES string of the molecule is CCN(CC)C(C)(CC)C(=O)c1cc2cc(C)ccc2o1. The molecular weight excluding hydrogens is 262 g/mol. The summed E-state index contributed by atoms with van der Waals surface area (Å²) in [5.74, 6) is 0.536. The highest BCUT2D eigenvalue weighted by Crippen LogP contribution is 2.28. The molecule has 1 unspecified atom stereocenters. The molecule has 3 heteroatoms. The molecule has 0 bridgehead atoms. The first-order valence-electron chi connectivity index (χ1n) is 7.76. The van der Waals surface area contributed by atoms with Gasteiger partial charge in [0.05, 0.1) is 5.54 Å². The Morgan fingerprint density at radius 2 is 1.86 bits per heavy atom. The molecule has 0 saturated carbocycles. The number of ketones is 1. The normalized spacial score (nSPS) is 14.6. The molecular formula is C18H25NO2. The Hall–Kier alpha value is -1.61. The molecule has 114 valence electrons. The van der Waals surface area contributed by atoms with Crippen molar-refractivity contribution in [3.63, 3.8) is 0 Å². The van der Waals surface area contributed by atoms with Crippen LogP contribution in [0.3, 0.4) is 0 Å².